The molecule has 0 unspecified atom stereocenters. The van der Waals surface area contributed by atoms with Crippen molar-refractivity contribution in [3.05, 3.63) is 66.1 Å². The number of nitrogens with one attached hydrogen (secondary N) is 1. The second kappa shape index (κ2) is 10.4. The van der Waals surface area contributed by atoms with Gasteiger partial charge in [0.15, 0.2) is 0 Å². The number of hydrogen-bond acceptors (Lipinski definition) is 6. The molecule has 1 aliphatic heterocycles. The number of nitrogens with zero attached hydrogens (tertiary/aromatic N) is 4. The average molecular weight is 448 g/mol. The van der Waals surface area contributed by atoms with Gasteiger partial charge in [0, 0.05) is 24.2 Å². The van der Waals surface area contributed by atoms with Gasteiger partial charge in [-0.05, 0) is 45.0 Å². The van der Waals surface area contributed by atoms with Crippen molar-refractivity contribution in [2.75, 3.05) is 38.5 Å². The van der Waals surface area contributed by atoms with Crippen molar-refractivity contribution in [2.45, 2.75) is 25.7 Å². The molecule has 1 aromatic heterocycles. The predicted molar refractivity (Wildman–Crippen MR) is 126 cm³/mol. The van der Waals surface area contributed by atoms with Gasteiger partial charge in [0.05, 0.1) is 13.1 Å². The van der Waals surface area contributed by atoms with E-state index in [9.17, 15) is 9.59 Å². The van der Waals surface area contributed by atoms with Crippen LogP contribution in [0.4, 0.5) is 5.69 Å². The van der Waals surface area contributed by atoms with Gasteiger partial charge < -0.3 is 14.7 Å². The molecule has 2 heterocycles. The van der Waals surface area contributed by atoms with Crippen LogP contribution in [0.25, 0.3) is 11.4 Å². The predicted octanol–water partition coefficient (Wildman–Crippen LogP) is 3.32. The number of aryl methyl sites for hydroxylation is 1. The van der Waals surface area contributed by atoms with E-state index in [0.29, 0.717) is 18.3 Å². The number of rotatable bonds is 7. The number of amides is 2. The fraction of sp³-hybridized carbons (Fsp3) is 0.360. The Hall–Kier alpha value is -3.52. The van der Waals surface area contributed by atoms with Crippen molar-refractivity contribution in [1.29, 1.82) is 0 Å². The van der Waals surface area contributed by atoms with E-state index in [0.717, 1.165) is 42.7 Å². The highest BCUT2D eigenvalue weighted by Gasteiger charge is 2.27. The highest BCUT2D eigenvalue weighted by molar-refractivity contribution is 5.94. The van der Waals surface area contributed by atoms with Crippen molar-refractivity contribution in [3.8, 4) is 11.4 Å². The van der Waals surface area contributed by atoms with E-state index in [1.807, 2.05) is 61.5 Å². The Bertz CT molecular complexity index is 1070. The summed E-state index contributed by atoms with van der Waals surface area (Å²) in [6.45, 7) is 3.84. The van der Waals surface area contributed by atoms with Crippen LogP contribution < -0.4 is 5.32 Å². The highest BCUT2D eigenvalue weighted by Crippen LogP contribution is 2.28. The lowest BCUT2D eigenvalue weighted by molar-refractivity contribution is -0.134. The summed E-state index contributed by atoms with van der Waals surface area (Å²) in [5.41, 5.74) is 2.79. The first-order valence-electron chi connectivity index (χ1n) is 11.2. The van der Waals surface area contributed by atoms with Gasteiger partial charge in [-0.3, -0.25) is 14.5 Å². The molecule has 1 saturated heterocycles. The lowest BCUT2D eigenvalue weighted by Gasteiger charge is -2.30. The van der Waals surface area contributed by atoms with Crippen LogP contribution >= 0.6 is 0 Å². The lowest BCUT2D eigenvalue weighted by Crippen LogP contribution is -2.44. The zero-order chi connectivity index (χ0) is 23.2. The molecular weight excluding hydrogens is 418 g/mol. The Morgan fingerprint density at radius 1 is 1.09 bits per heavy atom. The van der Waals surface area contributed by atoms with Gasteiger partial charge in [-0.1, -0.05) is 53.2 Å². The third kappa shape index (κ3) is 6.04. The number of likely N-dealkylation sites (N-methyl/N-ethyl adjacent to an activating group) is 1. The molecule has 0 saturated carbocycles. The summed E-state index contributed by atoms with van der Waals surface area (Å²) >= 11 is 0. The van der Waals surface area contributed by atoms with Crippen molar-refractivity contribution < 1.29 is 14.1 Å². The zero-order valence-corrected chi connectivity index (χ0v) is 19.0. The van der Waals surface area contributed by atoms with Crippen LogP contribution in [0.5, 0.6) is 0 Å². The normalized spacial score (nSPS) is 14.7. The molecule has 3 aromatic rings. The smallest absolute Gasteiger partial charge is 0.243 e. The van der Waals surface area contributed by atoms with Gasteiger partial charge >= 0.3 is 0 Å². The van der Waals surface area contributed by atoms with Crippen molar-refractivity contribution in [3.63, 3.8) is 0 Å². The van der Waals surface area contributed by atoms with E-state index in [1.54, 1.807) is 7.05 Å². The molecule has 4 rings (SSSR count). The van der Waals surface area contributed by atoms with Crippen molar-refractivity contribution in [1.82, 2.24) is 19.9 Å². The Labute approximate surface area is 193 Å². The maximum atomic E-state index is 12.6. The number of anilines is 1. The molecule has 8 nitrogen and oxygen atoms in total. The minimum Gasteiger partial charge on any atom is -0.339 e. The molecule has 0 aliphatic carbocycles. The molecule has 0 spiro atoms. The lowest BCUT2D eigenvalue weighted by atomic mass is 9.97. The molecule has 1 N–H and O–H groups in total. The van der Waals surface area contributed by atoms with Gasteiger partial charge in [-0.2, -0.15) is 4.98 Å². The summed E-state index contributed by atoms with van der Waals surface area (Å²) in [5, 5.41) is 6.94. The fourth-order valence-electron chi connectivity index (χ4n) is 3.90. The molecule has 2 aromatic carbocycles. The average Bonchev–Trinajstić information content (AvgIpc) is 3.32. The number of likely N-dealkylation sites (tertiary alicyclic amines) is 1. The Balaban J connectivity index is 1.22. The molecule has 0 radical (unpaired) electrons. The van der Waals surface area contributed by atoms with Crippen LogP contribution in [0.3, 0.4) is 0 Å². The van der Waals surface area contributed by atoms with E-state index in [1.165, 1.54) is 4.90 Å². The summed E-state index contributed by atoms with van der Waals surface area (Å²) in [7, 11) is 1.66. The molecular formula is C25H29N5O3. The SMILES string of the molecule is Cc1ccc(NC(=O)CN(C)C(=O)CN2CCC(c3nc(-c4ccccc4)no3)CC2)cc1. The number of piperidine rings is 1. The van der Waals surface area contributed by atoms with Gasteiger partial charge in [0.1, 0.15) is 0 Å². The Morgan fingerprint density at radius 2 is 1.79 bits per heavy atom. The largest absolute Gasteiger partial charge is 0.339 e. The topological polar surface area (TPSA) is 91.6 Å². The first kappa shape index (κ1) is 22.7. The summed E-state index contributed by atoms with van der Waals surface area (Å²) in [4.78, 5) is 33.0. The third-order valence-electron chi connectivity index (χ3n) is 5.91. The van der Waals surface area contributed by atoms with Gasteiger partial charge in [0.25, 0.3) is 0 Å². The quantitative estimate of drug-likeness (QED) is 0.597. The molecule has 2 amide bonds. The Kier molecular flexibility index (Phi) is 7.14. The first-order valence-corrected chi connectivity index (χ1v) is 11.2. The van der Waals surface area contributed by atoms with Crippen LogP contribution in [-0.2, 0) is 9.59 Å². The minimum atomic E-state index is -0.209. The number of benzene rings is 2. The molecule has 0 atom stereocenters. The maximum Gasteiger partial charge on any atom is 0.243 e. The number of carbonyl (C=O) groups excluding carboxylic acids is 2. The summed E-state index contributed by atoms with van der Waals surface area (Å²) in [6.07, 6.45) is 1.70. The van der Waals surface area contributed by atoms with Gasteiger partial charge in [-0.25, -0.2) is 0 Å². The second-order valence-corrected chi connectivity index (χ2v) is 8.54. The second-order valence-electron chi connectivity index (χ2n) is 8.54. The van der Waals surface area contributed by atoms with Gasteiger partial charge in [-0.15, -0.1) is 0 Å². The summed E-state index contributed by atoms with van der Waals surface area (Å²) < 4.78 is 5.51. The third-order valence-corrected chi connectivity index (χ3v) is 5.91. The standard InChI is InChI=1S/C25H29N5O3/c1-18-8-10-21(11-9-18)26-22(31)16-29(2)23(32)17-30-14-12-20(13-15-30)25-27-24(28-33-25)19-6-4-3-5-7-19/h3-11,20H,12-17H2,1-2H3,(H,26,31). The zero-order valence-electron chi connectivity index (χ0n) is 19.0. The van der Waals surface area contributed by atoms with E-state index < -0.39 is 0 Å². The van der Waals surface area contributed by atoms with Crippen molar-refractivity contribution >= 4 is 17.5 Å². The van der Waals surface area contributed by atoms with E-state index in [4.69, 9.17) is 4.52 Å². The summed E-state index contributed by atoms with van der Waals surface area (Å²) in [6, 6.07) is 17.3. The minimum absolute atomic E-state index is 0.0213. The van der Waals surface area contributed by atoms with Crippen LogP contribution in [0.15, 0.2) is 59.1 Å². The van der Waals surface area contributed by atoms with E-state index >= 15 is 0 Å². The number of aromatic nitrogens is 2. The molecule has 172 valence electrons. The molecule has 0 bridgehead atoms. The molecule has 1 aliphatic rings. The van der Waals surface area contributed by atoms with Crippen LogP contribution in [0.1, 0.15) is 30.2 Å². The van der Waals surface area contributed by atoms with E-state index in [2.05, 4.69) is 20.4 Å². The highest BCUT2D eigenvalue weighted by atomic mass is 16.5. The Morgan fingerprint density at radius 3 is 2.48 bits per heavy atom. The molecule has 8 heteroatoms. The van der Waals surface area contributed by atoms with Crippen LogP contribution in [0.2, 0.25) is 0 Å². The van der Waals surface area contributed by atoms with Gasteiger partial charge in [0.2, 0.25) is 23.5 Å². The van der Waals surface area contributed by atoms with E-state index in [-0.39, 0.29) is 24.3 Å². The number of carbonyl (C=O) groups is 2. The number of hydrogen-bond donors (Lipinski definition) is 1. The van der Waals surface area contributed by atoms with Crippen molar-refractivity contribution in [2.24, 2.45) is 0 Å². The monoisotopic (exact) mass is 447 g/mol. The maximum absolute atomic E-state index is 12.6. The van der Waals surface area contributed by atoms with Crippen LogP contribution in [0, 0.1) is 6.92 Å². The molecule has 33 heavy (non-hydrogen) atoms. The first-order chi connectivity index (χ1) is 16.0. The molecule has 1 fully saturated rings. The summed E-state index contributed by atoms with van der Waals surface area (Å²) in [5.74, 6) is 1.17. The fourth-order valence-corrected chi connectivity index (χ4v) is 3.90. The van der Waals surface area contributed by atoms with Crippen LogP contribution in [-0.4, -0.2) is 65.0 Å².